The van der Waals surface area contributed by atoms with Crippen LogP contribution in [0.15, 0.2) is 0 Å². The molecule has 2 aliphatic heterocycles. The van der Waals surface area contributed by atoms with Crippen molar-refractivity contribution < 1.29 is 19.1 Å². The Morgan fingerprint density at radius 3 is 2.85 bits per heavy atom. The summed E-state index contributed by atoms with van der Waals surface area (Å²) in [5, 5.41) is 0. The molecular formula is C15H19NO4. The highest BCUT2D eigenvalue weighted by atomic mass is 16.5. The molecule has 0 radical (unpaired) electrons. The summed E-state index contributed by atoms with van der Waals surface area (Å²) in [6.07, 6.45) is 3.69. The topological polar surface area (TPSA) is 63.7 Å². The van der Waals surface area contributed by atoms with Gasteiger partial charge < -0.3 is 9.64 Å². The lowest BCUT2D eigenvalue weighted by molar-refractivity contribution is -0.278. The molecule has 1 unspecified atom stereocenters. The van der Waals surface area contributed by atoms with E-state index in [0.717, 1.165) is 6.42 Å². The summed E-state index contributed by atoms with van der Waals surface area (Å²) in [5.41, 5.74) is -1.11. The molecule has 4 rings (SSSR count). The summed E-state index contributed by atoms with van der Waals surface area (Å²) in [6, 6.07) is 0. The molecule has 2 heterocycles. The van der Waals surface area contributed by atoms with Crippen LogP contribution in [0.3, 0.4) is 0 Å². The van der Waals surface area contributed by atoms with Crippen molar-refractivity contribution >= 4 is 17.5 Å². The molecule has 4 fully saturated rings. The molecule has 20 heavy (non-hydrogen) atoms. The first kappa shape index (κ1) is 12.5. The Labute approximate surface area is 117 Å². The summed E-state index contributed by atoms with van der Waals surface area (Å²) in [4.78, 5) is 38.5. The second kappa shape index (κ2) is 3.91. The predicted molar refractivity (Wildman–Crippen MR) is 68.7 cm³/mol. The van der Waals surface area contributed by atoms with Crippen molar-refractivity contribution in [2.45, 2.75) is 50.7 Å². The zero-order chi connectivity index (χ0) is 14.0. The molecule has 0 aromatic rings. The number of Topliss-reactive ketones (excluding diaryl/α,β-unsaturated/α-hetero) is 2. The molecule has 5 nitrogen and oxygen atoms in total. The third-order valence-electron chi connectivity index (χ3n) is 5.88. The first-order valence-electron chi connectivity index (χ1n) is 7.58. The van der Waals surface area contributed by atoms with E-state index in [1.807, 2.05) is 4.90 Å². The summed E-state index contributed by atoms with van der Waals surface area (Å²) in [6.45, 7) is 1.33. The van der Waals surface area contributed by atoms with Crippen molar-refractivity contribution in [1.82, 2.24) is 4.90 Å². The van der Waals surface area contributed by atoms with Crippen molar-refractivity contribution in [3.8, 4) is 0 Å². The van der Waals surface area contributed by atoms with Gasteiger partial charge in [0.1, 0.15) is 17.3 Å². The number of ether oxygens (including phenoxy) is 1. The fourth-order valence-electron chi connectivity index (χ4n) is 5.11. The summed E-state index contributed by atoms with van der Waals surface area (Å²) in [5.74, 6) is 0.262. The summed E-state index contributed by atoms with van der Waals surface area (Å²) < 4.78 is 6.15. The third kappa shape index (κ3) is 1.29. The number of ketones is 2. The number of amides is 1. The molecule has 1 amide bonds. The first-order valence-corrected chi connectivity index (χ1v) is 7.58. The number of carbonyl (C=O) groups is 3. The van der Waals surface area contributed by atoms with Gasteiger partial charge in [0.15, 0.2) is 0 Å². The predicted octanol–water partition coefficient (Wildman–Crippen LogP) is 1.05. The molecule has 0 aromatic heterocycles. The lowest BCUT2D eigenvalue weighted by atomic mass is 9.57. The maximum absolute atomic E-state index is 12.3. The van der Waals surface area contributed by atoms with Gasteiger partial charge in [0.2, 0.25) is 5.91 Å². The molecule has 3 atom stereocenters. The van der Waals surface area contributed by atoms with Gasteiger partial charge in [-0.25, -0.2) is 0 Å². The molecule has 0 aromatic carbocycles. The van der Waals surface area contributed by atoms with Crippen molar-refractivity contribution in [2.24, 2.45) is 11.3 Å². The Morgan fingerprint density at radius 1 is 1.15 bits per heavy atom. The van der Waals surface area contributed by atoms with Crippen LogP contribution in [0.4, 0.5) is 0 Å². The van der Waals surface area contributed by atoms with E-state index in [1.54, 1.807) is 0 Å². The lowest BCUT2D eigenvalue weighted by Crippen LogP contribution is -2.72. The Balaban J connectivity index is 1.87. The fourth-order valence-corrected chi connectivity index (χ4v) is 5.11. The number of piperidine rings is 1. The number of rotatable bonds is 0. The van der Waals surface area contributed by atoms with E-state index in [1.165, 1.54) is 0 Å². The molecule has 2 spiro atoms. The Hall–Kier alpha value is -1.23. The highest BCUT2D eigenvalue weighted by Gasteiger charge is 2.69. The Morgan fingerprint density at radius 2 is 2.00 bits per heavy atom. The van der Waals surface area contributed by atoms with E-state index in [0.29, 0.717) is 51.7 Å². The van der Waals surface area contributed by atoms with Crippen LogP contribution in [0.25, 0.3) is 0 Å². The minimum absolute atomic E-state index is 0.128. The van der Waals surface area contributed by atoms with Crippen LogP contribution in [0, 0.1) is 11.3 Å². The second-order valence-corrected chi connectivity index (χ2v) is 6.63. The SMILES string of the molecule is O=C1C[C@@H]2C(=O)CCC34OCCCN3C(=O)CC[C@@]24C1. The van der Waals surface area contributed by atoms with E-state index in [-0.39, 0.29) is 23.4 Å². The van der Waals surface area contributed by atoms with Crippen LogP contribution < -0.4 is 0 Å². The largest absolute Gasteiger partial charge is 0.355 e. The highest BCUT2D eigenvalue weighted by Crippen LogP contribution is 2.62. The number of hydrogen-bond acceptors (Lipinski definition) is 4. The van der Waals surface area contributed by atoms with E-state index in [4.69, 9.17) is 4.74 Å². The van der Waals surface area contributed by atoms with Crippen LogP contribution >= 0.6 is 0 Å². The van der Waals surface area contributed by atoms with Crippen LogP contribution in [0.5, 0.6) is 0 Å². The first-order chi connectivity index (χ1) is 9.59. The zero-order valence-corrected chi connectivity index (χ0v) is 11.5. The molecule has 0 N–H and O–H groups in total. The molecule has 2 saturated carbocycles. The average Bonchev–Trinajstić information content (AvgIpc) is 2.79. The van der Waals surface area contributed by atoms with E-state index >= 15 is 0 Å². The number of carbonyl (C=O) groups excluding carboxylic acids is 3. The molecule has 5 heteroatoms. The Kier molecular flexibility index (Phi) is 2.44. The minimum Gasteiger partial charge on any atom is -0.355 e. The van der Waals surface area contributed by atoms with Gasteiger partial charge >= 0.3 is 0 Å². The molecule has 0 bridgehead atoms. The molecule has 2 aliphatic carbocycles. The standard InChI is InChI=1S/C15H19NO4/c17-10-8-11-12(18)2-5-15-14(11,9-10)4-3-13(19)16(15)6-1-7-20-15/h11H,1-9H2/t11-,14-,15?/m1/s1. The lowest BCUT2D eigenvalue weighted by Gasteiger charge is -2.62. The quantitative estimate of drug-likeness (QED) is 0.664. The Bertz CT molecular complexity index is 516. The summed E-state index contributed by atoms with van der Waals surface area (Å²) >= 11 is 0. The van der Waals surface area contributed by atoms with Gasteiger partial charge in [0.25, 0.3) is 0 Å². The van der Waals surface area contributed by atoms with Gasteiger partial charge in [-0.1, -0.05) is 0 Å². The minimum atomic E-state index is -0.675. The van der Waals surface area contributed by atoms with Crippen molar-refractivity contribution in [3.63, 3.8) is 0 Å². The maximum atomic E-state index is 12.3. The van der Waals surface area contributed by atoms with Crippen LogP contribution in [0.1, 0.15) is 44.9 Å². The molecule has 4 aliphatic rings. The normalized spacial score (nSPS) is 44.1. The fraction of sp³-hybridized carbons (Fsp3) is 0.800. The van der Waals surface area contributed by atoms with Gasteiger partial charge in [0.05, 0.1) is 6.61 Å². The van der Waals surface area contributed by atoms with Gasteiger partial charge in [-0.2, -0.15) is 0 Å². The average molecular weight is 277 g/mol. The van der Waals surface area contributed by atoms with E-state index < -0.39 is 11.1 Å². The van der Waals surface area contributed by atoms with Gasteiger partial charge in [-0.05, 0) is 12.8 Å². The second-order valence-electron chi connectivity index (χ2n) is 6.63. The van der Waals surface area contributed by atoms with Crippen molar-refractivity contribution in [2.75, 3.05) is 13.2 Å². The molecule has 108 valence electrons. The van der Waals surface area contributed by atoms with Gasteiger partial charge in [0, 0.05) is 50.0 Å². The number of nitrogens with zero attached hydrogens (tertiary/aromatic N) is 1. The molecular weight excluding hydrogens is 258 g/mol. The number of hydrogen-bond donors (Lipinski definition) is 0. The van der Waals surface area contributed by atoms with Gasteiger partial charge in [-0.15, -0.1) is 0 Å². The van der Waals surface area contributed by atoms with E-state index in [9.17, 15) is 14.4 Å². The van der Waals surface area contributed by atoms with Crippen LogP contribution in [-0.4, -0.2) is 41.3 Å². The van der Waals surface area contributed by atoms with Crippen LogP contribution in [0.2, 0.25) is 0 Å². The summed E-state index contributed by atoms with van der Waals surface area (Å²) in [7, 11) is 0. The monoisotopic (exact) mass is 277 g/mol. The van der Waals surface area contributed by atoms with E-state index in [2.05, 4.69) is 0 Å². The van der Waals surface area contributed by atoms with Crippen molar-refractivity contribution in [3.05, 3.63) is 0 Å². The third-order valence-corrected chi connectivity index (χ3v) is 5.88. The maximum Gasteiger partial charge on any atom is 0.224 e. The highest BCUT2D eigenvalue weighted by molar-refractivity contribution is 5.95. The molecule has 2 saturated heterocycles. The van der Waals surface area contributed by atoms with Crippen molar-refractivity contribution in [1.29, 1.82) is 0 Å². The van der Waals surface area contributed by atoms with Gasteiger partial charge in [-0.3, -0.25) is 14.4 Å². The smallest absolute Gasteiger partial charge is 0.224 e. The van der Waals surface area contributed by atoms with Crippen LogP contribution in [-0.2, 0) is 19.1 Å². The zero-order valence-electron chi connectivity index (χ0n) is 11.5.